The van der Waals surface area contributed by atoms with Gasteiger partial charge in [-0.2, -0.15) is 13.2 Å². The van der Waals surface area contributed by atoms with Crippen LogP contribution in [0.15, 0.2) is 48.5 Å². The summed E-state index contributed by atoms with van der Waals surface area (Å²) in [5.41, 5.74) is 0.131. The highest BCUT2D eigenvalue weighted by Crippen LogP contribution is 2.31. The Hall–Kier alpha value is -2.30. The van der Waals surface area contributed by atoms with Gasteiger partial charge in [-0.3, -0.25) is 0 Å². The molecule has 0 amide bonds. The fraction of sp³-hybridized carbons (Fsp3) is 0.133. The van der Waals surface area contributed by atoms with E-state index in [1.165, 1.54) is 12.1 Å². The second kappa shape index (κ2) is 5.77. The van der Waals surface area contributed by atoms with E-state index in [-0.39, 0.29) is 0 Å². The number of halogens is 3. The summed E-state index contributed by atoms with van der Waals surface area (Å²) < 4.78 is 42.6. The molecule has 2 rings (SSSR count). The summed E-state index contributed by atoms with van der Waals surface area (Å²) in [5.74, 6) is 0.820. The van der Waals surface area contributed by atoms with Gasteiger partial charge in [-0.1, -0.05) is 12.1 Å². The van der Waals surface area contributed by atoms with Gasteiger partial charge < -0.3 is 9.53 Å². The summed E-state index contributed by atoms with van der Waals surface area (Å²) in [5, 5.41) is 0. The van der Waals surface area contributed by atoms with Crippen LogP contribution in [0.2, 0.25) is 0 Å². The molecule has 0 aliphatic heterocycles. The summed E-state index contributed by atoms with van der Waals surface area (Å²) in [6, 6.07) is 11.3. The Labute approximate surface area is 113 Å². The number of alkyl halides is 3. The van der Waals surface area contributed by atoms with Crippen LogP contribution in [0, 0.1) is 0 Å². The summed E-state index contributed by atoms with van der Waals surface area (Å²) in [4.78, 5) is 10.3. The first-order valence-electron chi connectivity index (χ1n) is 5.87. The van der Waals surface area contributed by atoms with Crippen LogP contribution in [0.4, 0.5) is 13.2 Å². The largest absolute Gasteiger partial charge is 0.457 e. The first-order chi connectivity index (χ1) is 9.49. The van der Waals surface area contributed by atoms with E-state index in [1.54, 1.807) is 24.3 Å². The number of carbonyl (C=O) groups is 1. The molecule has 2 aromatic carbocycles. The fourth-order valence-electron chi connectivity index (χ4n) is 1.64. The highest BCUT2D eigenvalue weighted by atomic mass is 19.4. The Morgan fingerprint density at radius 2 is 1.40 bits per heavy atom. The number of ether oxygens (including phenoxy) is 1. The molecule has 2 aromatic rings. The standard InChI is InChI=1S/C15H11F3O2/c16-15(17,18)12-3-7-14(8-4-12)20-13-5-1-11(2-6-13)9-10-19/h1-8,10H,9H2. The lowest BCUT2D eigenvalue weighted by Crippen LogP contribution is -2.03. The molecular weight excluding hydrogens is 269 g/mol. The van der Waals surface area contributed by atoms with Crippen molar-refractivity contribution in [2.24, 2.45) is 0 Å². The van der Waals surface area contributed by atoms with E-state index >= 15 is 0 Å². The molecule has 0 atom stereocenters. The van der Waals surface area contributed by atoms with Gasteiger partial charge in [-0.25, -0.2) is 0 Å². The highest BCUT2D eigenvalue weighted by Gasteiger charge is 2.30. The van der Waals surface area contributed by atoms with Gasteiger partial charge in [-0.15, -0.1) is 0 Å². The maximum atomic E-state index is 12.4. The Kier molecular flexibility index (Phi) is 4.08. The minimum atomic E-state index is -4.35. The SMILES string of the molecule is O=CCc1ccc(Oc2ccc(C(F)(F)F)cc2)cc1. The summed E-state index contributed by atoms with van der Waals surface area (Å²) in [6.07, 6.45) is -3.23. The van der Waals surface area contributed by atoms with Gasteiger partial charge in [0, 0.05) is 6.42 Å². The zero-order valence-corrected chi connectivity index (χ0v) is 10.4. The molecule has 0 saturated carbocycles. The molecular formula is C15H11F3O2. The first-order valence-corrected chi connectivity index (χ1v) is 5.87. The van der Waals surface area contributed by atoms with Crippen molar-refractivity contribution < 1.29 is 22.7 Å². The summed E-state index contributed by atoms with van der Waals surface area (Å²) >= 11 is 0. The third kappa shape index (κ3) is 3.60. The second-order valence-corrected chi connectivity index (χ2v) is 4.14. The molecule has 0 fully saturated rings. The van der Waals surface area contributed by atoms with Gasteiger partial charge in [0.25, 0.3) is 0 Å². The normalized spacial score (nSPS) is 11.2. The number of benzene rings is 2. The third-order valence-electron chi connectivity index (χ3n) is 2.66. The molecule has 0 spiro atoms. The predicted octanol–water partition coefficient (Wildman–Crippen LogP) is 4.24. The number of carbonyl (C=O) groups excluding carboxylic acids is 1. The fourth-order valence-corrected chi connectivity index (χ4v) is 1.64. The number of aldehydes is 1. The molecule has 0 heterocycles. The van der Waals surface area contributed by atoms with E-state index in [0.717, 1.165) is 24.0 Å². The minimum absolute atomic E-state index is 0.320. The molecule has 0 N–H and O–H groups in total. The van der Waals surface area contributed by atoms with Crippen molar-refractivity contribution >= 4 is 6.29 Å². The average Bonchev–Trinajstić information content (AvgIpc) is 2.41. The smallest absolute Gasteiger partial charge is 0.416 e. The second-order valence-electron chi connectivity index (χ2n) is 4.14. The quantitative estimate of drug-likeness (QED) is 0.783. The van der Waals surface area contributed by atoms with Crippen molar-refractivity contribution in [1.29, 1.82) is 0 Å². The van der Waals surface area contributed by atoms with Crippen LogP contribution in [0.25, 0.3) is 0 Å². The van der Waals surface area contributed by atoms with Gasteiger partial charge in [0.1, 0.15) is 17.8 Å². The lowest BCUT2D eigenvalue weighted by molar-refractivity contribution is -0.137. The maximum Gasteiger partial charge on any atom is 0.416 e. The van der Waals surface area contributed by atoms with E-state index in [1.807, 2.05) is 0 Å². The molecule has 0 bridgehead atoms. The van der Waals surface area contributed by atoms with Gasteiger partial charge >= 0.3 is 6.18 Å². The first kappa shape index (κ1) is 14.1. The zero-order valence-electron chi connectivity index (χ0n) is 10.4. The van der Waals surface area contributed by atoms with Crippen molar-refractivity contribution in [1.82, 2.24) is 0 Å². The highest BCUT2D eigenvalue weighted by molar-refractivity contribution is 5.55. The lowest BCUT2D eigenvalue weighted by atomic mass is 10.1. The van der Waals surface area contributed by atoms with Crippen LogP contribution in [0.5, 0.6) is 11.5 Å². The number of hydrogen-bond acceptors (Lipinski definition) is 2. The predicted molar refractivity (Wildman–Crippen MR) is 67.7 cm³/mol. The van der Waals surface area contributed by atoms with Crippen molar-refractivity contribution in [3.8, 4) is 11.5 Å². The number of rotatable bonds is 4. The van der Waals surface area contributed by atoms with E-state index in [2.05, 4.69) is 0 Å². The number of hydrogen-bond donors (Lipinski definition) is 0. The molecule has 2 nitrogen and oxygen atoms in total. The topological polar surface area (TPSA) is 26.3 Å². The molecule has 5 heteroatoms. The van der Waals surface area contributed by atoms with Gasteiger partial charge in [0.2, 0.25) is 0 Å². The van der Waals surface area contributed by atoms with Gasteiger partial charge in [-0.05, 0) is 42.0 Å². The molecule has 0 unspecified atom stereocenters. The van der Waals surface area contributed by atoms with Crippen molar-refractivity contribution in [3.05, 3.63) is 59.7 Å². The minimum Gasteiger partial charge on any atom is -0.457 e. The van der Waals surface area contributed by atoms with Crippen LogP contribution in [0.1, 0.15) is 11.1 Å². The van der Waals surface area contributed by atoms with E-state index in [0.29, 0.717) is 17.9 Å². The van der Waals surface area contributed by atoms with Crippen LogP contribution in [0.3, 0.4) is 0 Å². The Bertz CT molecular complexity index is 572. The Morgan fingerprint density at radius 1 is 0.900 bits per heavy atom. The summed E-state index contributed by atoms with van der Waals surface area (Å²) in [7, 11) is 0. The van der Waals surface area contributed by atoms with E-state index in [9.17, 15) is 18.0 Å². The van der Waals surface area contributed by atoms with E-state index < -0.39 is 11.7 Å². The molecule has 0 radical (unpaired) electrons. The van der Waals surface area contributed by atoms with Gasteiger partial charge in [0.05, 0.1) is 5.56 Å². The lowest BCUT2D eigenvalue weighted by Gasteiger charge is -2.09. The molecule has 0 aromatic heterocycles. The molecule has 0 saturated heterocycles. The molecule has 104 valence electrons. The zero-order chi connectivity index (χ0) is 14.6. The third-order valence-corrected chi connectivity index (χ3v) is 2.66. The van der Waals surface area contributed by atoms with Crippen molar-refractivity contribution in [3.63, 3.8) is 0 Å². The Balaban J connectivity index is 2.08. The Morgan fingerprint density at radius 3 is 1.85 bits per heavy atom. The van der Waals surface area contributed by atoms with Crippen LogP contribution in [-0.2, 0) is 17.4 Å². The molecule has 20 heavy (non-hydrogen) atoms. The van der Waals surface area contributed by atoms with E-state index in [4.69, 9.17) is 4.74 Å². The van der Waals surface area contributed by atoms with Crippen molar-refractivity contribution in [2.75, 3.05) is 0 Å². The van der Waals surface area contributed by atoms with Crippen molar-refractivity contribution in [2.45, 2.75) is 12.6 Å². The molecule has 0 aliphatic rings. The monoisotopic (exact) mass is 280 g/mol. The molecule has 0 aliphatic carbocycles. The van der Waals surface area contributed by atoms with Gasteiger partial charge in [0.15, 0.2) is 0 Å². The maximum absolute atomic E-state index is 12.4. The van der Waals surface area contributed by atoms with Crippen LogP contribution < -0.4 is 4.74 Å². The average molecular weight is 280 g/mol. The summed E-state index contributed by atoms with van der Waals surface area (Å²) in [6.45, 7) is 0. The van der Waals surface area contributed by atoms with Crippen LogP contribution >= 0.6 is 0 Å². The van der Waals surface area contributed by atoms with Crippen LogP contribution in [-0.4, -0.2) is 6.29 Å².